The predicted octanol–water partition coefficient (Wildman–Crippen LogP) is 3.35. The van der Waals surface area contributed by atoms with E-state index in [4.69, 9.17) is 19.0 Å². The van der Waals surface area contributed by atoms with Gasteiger partial charge in [-0.15, -0.1) is 0 Å². The van der Waals surface area contributed by atoms with Crippen molar-refractivity contribution in [1.82, 2.24) is 10.4 Å². The Labute approximate surface area is 176 Å². The maximum absolute atomic E-state index is 13.2. The second-order valence-corrected chi connectivity index (χ2v) is 7.14. The summed E-state index contributed by atoms with van der Waals surface area (Å²) >= 11 is 0. The second-order valence-electron chi connectivity index (χ2n) is 7.14. The van der Waals surface area contributed by atoms with E-state index < -0.39 is 5.72 Å². The minimum absolute atomic E-state index is 0.287. The lowest BCUT2D eigenvalue weighted by Gasteiger charge is -2.31. The summed E-state index contributed by atoms with van der Waals surface area (Å²) in [5.41, 5.74) is 4.05. The Morgan fingerprint density at radius 2 is 1.83 bits per heavy atom. The number of methoxy groups -OCH3 is 3. The van der Waals surface area contributed by atoms with Gasteiger partial charge >= 0.3 is 0 Å². The zero-order chi connectivity index (χ0) is 21.9. The largest absolute Gasteiger partial charge is 0.497 e. The van der Waals surface area contributed by atoms with Crippen molar-refractivity contribution in [2.45, 2.75) is 32.9 Å². The standard InChI is InChI=1S/C22H27N3O5/c1-7-15-16(9-8-10-18(15)28-5)21(26)23-25-20(24-30-22(25,2)3)17-12-11-14(27-4)13-19(17)29-6/h8-13H,7H2,1-6H3,(H,23,26). The van der Waals surface area contributed by atoms with Gasteiger partial charge in [0.15, 0.2) is 0 Å². The van der Waals surface area contributed by atoms with Gasteiger partial charge in [0, 0.05) is 17.2 Å². The van der Waals surface area contributed by atoms with E-state index in [1.165, 1.54) is 0 Å². The van der Waals surface area contributed by atoms with E-state index in [-0.39, 0.29) is 5.91 Å². The highest BCUT2D eigenvalue weighted by Crippen LogP contribution is 2.32. The number of hydrazine groups is 1. The van der Waals surface area contributed by atoms with Gasteiger partial charge in [-0.3, -0.25) is 10.2 Å². The van der Waals surface area contributed by atoms with E-state index in [0.717, 1.165) is 5.56 Å². The van der Waals surface area contributed by atoms with E-state index in [0.29, 0.717) is 40.6 Å². The zero-order valence-electron chi connectivity index (χ0n) is 18.1. The average Bonchev–Trinajstić information content (AvgIpc) is 3.06. The van der Waals surface area contributed by atoms with E-state index >= 15 is 0 Å². The predicted molar refractivity (Wildman–Crippen MR) is 113 cm³/mol. The van der Waals surface area contributed by atoms with Crippen LogP contribution in [0.1, 0.15) is 42.3 Å². The molecule has 2 aromatic carbocycles. The molecule has 1 N–H and O–H groups in total. The van der Waals surface area contributed by atoms with Crippen LogP contribution in [0.3, 0.4) is 0 Å². The van der Waals surface area contributed by atoms with Crippen LogP contribution in [0, 0.1) is 0 Å². The number of hydrogen-bond acceptors (Lipinski definition) is 7. The molecule has 30 heavy (non-hydrogen) atoms. The van der Waals surface area contributed by atoms with Gasteiger partial charge in [0.05, 0.1) is 26.9 Å². The van der Waals surface area contributed by atoms with Gasteiger partial charge in [0.2, 0.25) is 11.6 Å². The summed E-state index contributed by atoms with van der Waals surface area (Å²) in [5.74, 6) is 2.00. The number of amidine groups is 1. The van der Waals surface area contributed by atoms with Gasteiger partial charge in [-0.2, -0.15) is 0 Å². The lowest BCUT2D eigenvalue weighted by Crippen LogP contribution is -2.54. The van der Waals surface area contributed by atoms with Crippen LogP contribution in [0.4, 0.5) is 0 Å². The van der Waals surface area contributed by atoms with E-state index in [9.17, 15) is 4.79 Å². The van der Waals surface area contributed by atoms with Crippen molar-refractivity contribution in [1.29, 1.82) is 0 Å². The molecule has 3 rings (SSSR count). The van der Waals surface area contributed by atoms with Crippen LogP contribution in [0.15, 0.2) is 41.6 Å². The second kappa shape index (κ2) is 8.52. The summed E-state index contributed by atoms with van der Waals surface area (Å²) in [4.78, 5) is 18.8. The molecule has 8 nitrogen and oxygen atoms in total. The highest BCUT2D eigenvalue weighted by molar-refractivity contribution is 6.04. The molecule has 1 amide bonds. The fourth-order valence-electron chi connectivity index (χ4n) is 3.33. The summed E-state index contributed by atoms with van der Waals surface area (Å²) in [6.45, 7) is 5.60. The summed E-state index contributed by atoms with van der Waals surface area (Å²) < 4.78 is 16.2. The van der Waals surface area contributed by atoms with Crippen LogP contribution in [-0.4, -0.2) is 43.8 Å². The molecule has 1 heterocycles. The number of ether oxygens (including phenoxy) is 3. The number of rotatable bonds is 7. The van der Waals surface area contributed by atoms with Crippen LogP contribution in [-0.2, 0) is 11.3 Å². The first-order valence-corrected chi connectivity index (χ1v) is 9.62. The normalized spacial score (nSPS) is 14.6. The van der Waals surface area contributed by atoms with Crippen LogP contribution in [0.25, 0.3) is 0 Å². The summed E-state index contributed by atoms with van der Waals surface area (Å²) in [6.07, 6.45) is 0.653. The van der Waals surface area contributed by atoms with Crippen LogP contribution in [0.5, 0.6) is 17.2 Å². The van der Waals surface area contributed by atoms with Crippen molar-refractivity contribution < 1.29 is 23.8 Å². The average molecular weight is 413 g/mol. The topological polar surface area (TPSA) is 81.6 Å². The van der Waals surface area contributed by atoms with Crippen molar-refractivity contribution in [3.63, 3.8) is 0 Å². The molecule has 160 valence electrons. The molecular weight excluding hydrogens is 386 g/mol. The first kappa shape index (κ1) is 21.3. The van der Waals surface area contributed by atoms with Crippen LogP contribution >= 0.6 is 0 Å². The molecule has 0 radical (unpaired) electrons. The van der Waals surface area contributed by atoms with Crippen molar-refractivity contribution >= 4 is 11.7 Å². The Morgan fingerprint density at radius 1 is 1.10 bits per heavy atom. The number of hydrogen-bond donors (Lipinski definition) is 1. The molecule has 0 spiro atoms. The first-order chi connectivity index (χ1) is 14.4. The number of oxime groups is 1. The molecule has 8 heteroatoms. The van der Waals surface area contributed by atoms with Crippen molar-refractivity contribution in [3.05, 3.63) is 53.1 Å². The van der Waals surface area contributed by atoms with Crippen LogP contribution in [0.2, 0.25) is 0 Å². The minimum atomic E-state index is -0.902. The molecule has 2 aromatic rings. The fourth-order valence-corrected chi connectivity index (χ4v) is 3.33. The lowest BCUT2D eigenvalue weighted by atomic mass is 10.0. The first-order valence-electron chi connectivity index (χ1n) is 9.62. The Hall–Kier alpha value is -3.42. The molecule has 0 aliphatic carbocycles. The molecule has 0 unspecified atom stereocenters. The SMILES string of the molecule is CCc1c(OC)cccc1C(=O)NN1C(c2ccc(OC)cc2OC)=NOC1(C)C. The van der Waals surface area contributed by atoms with Gasteiger partial charge in [0.25, 0.3) is 5.91 Å². The summed E-state index contributed by atoms with van der Waals surface area (Å²) in [5, 5.41) is 5.81. The Balaban J connectivity index is 1.96. The fraction of sp³-hybridized carbons (Fsp3) is 0.364. The van der Waals surface area contributed by atoms with Gasteiger partial charge in [-0.1, -0.05) is 18.1 Å². The maximum atomic E-state index is 13.2. The number of carbonyl (C=O) groups excluding carboxylic acids is 1. The van der Waals surface area contributed by atoms with Gasteiger partial charge in [-0.05, 0) is 44.5 Å². The molecule has 0 saturated heterocycles. The third-order valence-corrected chi connectivity index (χ3v) is 4.92. The Bertz CT molecular complexity index is 971. The molecule has 0 saturated carbocycles. The van der Waals surface area contributed by atoms with Crippen molar-refractivity contribution in [2.75, 3.05) is 21.3 Å². The summed E-state index contributed by atoms with van der Waals surface area (Å²) in [7, 11) is 4.74. The molecule has 1 aliphatic rings. The number of benzene rings is 2. The third-order valence-electron chi connectivity index (χ3n) is 4.92. The molecule has 0 bridgehead atoms. The summed E-state index contributed by atoms with van der Waals surface area (Å²) in [6, 6.07) is 10.8. The molecular formula is C22H27N3O5. The number of nitrogens with one attached hydrogen (secondary N) is 1. The number of amides is 1. The lowest BCUT2D eigenvalue weighted by molar-refractivity contribution is -0.0824. The smallest absolute Gasteiger partial charge is 0.270 e. The van der Waals surface area contributed by atoms with Gasteiger partial charge < -0.3 is 19.0 Å². The highest BCUT2D eigenvalue weighted by atomic mass is 16.7. The number of carbonyl (C=O) groups is 1. The van der Waals surface area contributed by atoms with Gasteiger partial charge in [0.1, 0.15) is 17.2 Å². The van der Waals surface area contributed by atoms with Crippen molar-refractivity contribution in [3.8, 4) is 17.2 Å². The Morgan fingerprint density at radius 3 is 2.47 bits per heavy atom. The van der Waals surface area contributed by atoms with E-state index in [2.05, 4.69) is 10.6 Å². The third kappa shape index (κ3) is 3.85. The maximum Gasteiger partial charge on any atom is 0.270 e. The van der Waals surface area contributed by atoms with Gasteiger partial charge in [-0.25, -0.2) is 5.01 Å². The quantitative estimate of drug-likeness (QED) is 0.750. The molecule has 0 fully saturated rings. The zero-order valence-corrected chi connectivity index (χ0v) is 18.1. The molecule has 0 aromatic heterocycles. The Kier molecular flexibility index (Phi) is 6.05. The van der Waals surface area contributed by atoms with Crippen molar-refractivity contribution in [2.24, 2.45) is 5.16 Å². The minimum Gasteiger partial charge on any atom is -0.497 e. The van der Waals surface area contributed by atoms with E-state index in [1.54, 1.807) is 50.6 Å². The number of nitrogens with zero attached hydrogens (tertiary/aromatic N) is 2. The van der Waals surface area contributed by atoms with E-state index in [1.807, 2.05) is 32.9 Å². The highest BCUT2D eigenvalue weighted by Gasteiger charge is 2.41. The molecule has 0 atom stereocenters. The van der Waals surface area contributed by atoms with Crippen LogP contribution < -0.4 is 19.6 Å². The molecule has 1 aliphatic heterocycles. The monoisotopic (exact) mass is 413 g/mol.